The van der Waals surface area contributed by atoms with E-state index in [4.69, 9.17) is 49.3 Å². The number of carbonyl (C=O) groups is 1. The summed E-state index contributed by atoms with van der Waals surface area (Å²) in [5.41, 5.74) is 28.4. The number of fused-ring (bicyclic) bond motifs is 24. The van der Waals surface area contributed by atoms with E-state index in [0.717, 1.165) is 203 Å². The van der Waals surface area contributed by atoms with Crippen LogP contribution >= 0.6 is 136 Å². The summed E-state index contributed by atoms with van der Waals surface area (Å²) in [6.07, 6.45) is 49.2. The van der Waals surface area contributed by atoms with Crippen LogP contribution in [-0.2, 0) is 43.5 Å². The molecule has 0 aliphatic carbocycles. The Kier molecular flexibility index (Phi) is 32.5. The van der Waals surface area contributed by atoms with Crippen LogP contribution in [0.4, 0.5) is 0 Å². The number of aryl methyl sites for hydroxylation is 3. The Bertz CT molecular complexity index is 6050. The minimum absolute atomic E-state index is 0. The van der Waals surface area contributed by atoms with Crippen molar-refractivity contribution < 1.29 is 33.7 Å². The van der Waals surface area contributed by atoms with Gasteiger partial charge in [-0.1, -0.05) is 135 Å². The molecule has 0 radical (unpaired) electrons. The van der Waals surface area contributed by atoms with Gasteiger partial charge < -0.3 is 39.4 Å². The van der Waals surface area contributed by atoms with Gasteiger partial charge in [-0.25, -0.2) is 34.7 Å². The molecule has 9 aromatic heterocycles. The molecular formula is C95H96I6N12O3SiZn. The average Bonchev–Trinajstić information content (AvgIpc) is 1.64. The van der Waals surface area contributed by atoms with E-state index in [0.29, 0.717) is 18.8 Å². The van der Waals surface area contributed by atoms with Crippen molar-refractivity contribution in [3.05, 3.63) is 227 Å². The van der Waals surface area contributed by atoms with Crippen LogP contribution in [0.25, 0.3) is 139 Å². The zero-order chi connectivity index (χ0) is 81.4. The van der Waals surface area contributed by atoms with Crippen molar-refractivity contribution in [3.63, 3.8) is 0 Å². The van der Waals surface area contributed by atoms with Gasteiger partial charge in [0.05, 0.1) is 114 Å². The van der Waals surface area contributed by atoms with Crippen molar-refractivity contribution in [2.45, 2.75) is 168 Å². The normalized spacial score (nSPS) is 12.4. The molecule has 0 amide bonds. The molecule has 0 fully saturated rings. The van der Waals surface area contributed by atoms with Gasteiger partial charge in [0, 0.05) is 57.5 Å². The summed E-state index contributed by atoms with van der Waals surface area (Å²) < 4.78 is 17.9. The molecule has 23 heteroatoms. The molecule has 0 unspecified atom stereocenters. The molecule has 10 aromatic rings. The van der Waals surface area contributed by atoms with E-state index in [1.807, 2.05) is 12.1 Å². The number of hydrogen-bond donors (Lipinski definition) is 4. The summed E-state index contributed by atoms with van der Waals surface area (Å²) in [4.78, 5) is 66.5. The molecule has 0 saturated heterocycles. The molecule has 0 atom stereocenters. The van der Waals surface area contributed by atoms with Gasteiger partial charge in [0.25, 0.3) is 0 Å². The number of esters is 1. The number of unbranched alkanes of at least 4 members (excludes halogenated alkanes) is 14. The van der Waals surface area contributed by atoms with E-state index in [-0.39, 0.29) is 25.4 Å². The van der Waals surface area contributed by atoms with Crippen LogP contribution in [0, 0.1) is 21.4 Å². The van der Waals surface area contributed by atoms with Gasteiger partial charge >= 0.3 is 25.4 Å². The van der Waals surface area contributed by atoms with Crippen LogP contribution in [0.15, 0.2) is 115 Å². The third-order valence-electron chi connectivity index (χ3n) is 21.1. The Morgan fingerprint density at radius 1 is 0.347 bits per heavy atom. The van der Waals surface area contributed by atoms with Crippen molar-refractivity contribution in [1.82, 2.24) is 59.8 Å². The van der Waals surface area contributed by atoms with Crippen LogP contribution in [0.2, 0.25) is 25.7 Å². The van der Waals surface area contributed by atoms with Crippen LogP contribution in [0.1, 0.15) is 218 Å². The number of hydrogen-bond acceptors (Lipinski definition) is 9. The van der Waals surface area contributed by atoms with Gasteiger partial charge in [-0.2, -0.15) is 0 Å². The Labute approximate surface area is 787 Å². The number of nitrogens with zero attached hydrogens (tertiary/aromatic N) is 8. The fourth-order valence-electron chi connectivity index (χ4n) is 14.6. The maximum absolute atomic E-state index is 12.4. The van der Waals surface area contributed by atoms with E-state index in [1.165, 1.54) is 110 Å². The number of halogens is 6. The van der Waals surface area contributed by atoms with Gasteiger partial charge in [0.2, 0.25) is 0 Å². The summed E-state index contributed by atoms with van der Waals surface area (Å²) in [7, 11) is -1.24. The summed E-state index contributed by atoms with van der Waals surface area (Å²) in [6.45, 7) is 12.4. The molecule has 6 aliphatic rings. The second-order valence-corrected chi connectivity index (χ2v) is 43.3. The number of ether oxygens (including phenoxy) is 2. The summed E-state index contributed by atoms with van der Waals surface area (Å²) >= 11 is 14.3. The average molecular weight is 2310 g/mol. The van der Waals surface area contributed by atoms with Crippen molar-refractivity contribution in [2.75, 3.05) is 13.2 Å². The van der Waals surface area contributed by atoms with Crippen LogP contribution in [-0.4, -0.2) is 77.1 Å². The number of carbonyl (C=O) groups excluding carboxylic acids is 1. The van der Waals surface area contributed by atoms with E-state index in [9.17, 15) is 4.79 Å². The van der Waals surface area contributed by atoms with Gasteiger partial charge in [0.15, 0.2) is 0 Å². The fraction of sp³-hybridized carbons (Fsp3) is 0.295. The molecule has 602 valence electrons. The molecule has 0 spiro atoms. The second-order valence-electron chi connectivity index (χ2n) is 31.2. The van der Waals surface area contributed by atoms with Crippen LogP contribution < -0.4 is 14.7 Å². The molecule has 0 saturated carbocycles. The number of aromatic amines is 4. The van der Waals surface area contributed by atoms with Gasteiger partial charge in [-0.3, -0.25) is 0 Å². The van der Waals surface area contributed by atoms with Gasteiger partial charge in [-0.05, 0) is 362 Å². The quantitative estimate of drug-likeness (QED) is 0.0165. The first-order valence-corrected chi connectivity index (χ1v) is 51.1. The van der Waals surface area contributed by atoms with E-state index in [2.05, 4.69) is 353 Å². The molecule has 1 aromatic carbocycles. The topological polar surface area (TPSA) is 204 Å². The predicted octanol–water partition coefficient (Wildman–Crippen LogP) is 27.7. The van der Waals surface area contributed by atoms with Crippen LogP contribution in [0.3, 0.4) is 0 Å². The summed E-state index contributed by atoms with van der Waals surface area (Å²) in [5.74, 6) is 0.478. The van der Waals surface area contributed by atoms with Gasteiger partial charge in [0.1, 0.15) is 5.75 Å². The maximum Gasteiger partial charge on any atom is 2.00 e. The maximum atomic E-state index is 12.4. The van der Waals surface area contributed by atoms with Gasteiger partial charge in [-0.15, -0.1) is 22.1 Å². The first kappa shape index (κ1) is 89.3. The third-order valence-corrected chi connectivity index (χ3v) is 29.5. The number of rotatable bonds is 27. The molecule has 118 heavy (non-hydrogen) atoms. The van der Waals surface area contributed by atoms with Crippen molar-refractivity contribution in [1.29, 1.82) is 0 Å². The Balaban J connectivity index is 0.000000156. The number of H-pyrrole nitrogens is 4. The van der Waals surface area contributed by atoms with Crippen molar-refractivity contribution in [2.24, 2.45) is 0 Å². The molecule has 15 heterocycles. The smallest absolute Gasteiger partial charge is 0.657 e. The minimum Gasteiger partial charge on any atom is -0.657 e. The second kappa shape index (κ2) is 43.0. The molecule has 15 nitrogen and oxygen atoms in total. The molecular weight excluding hydrogens is 2210 g/mol. The minimum atomic E-state index is -1.24. The third kappa shape index (κ3) is 23.6. The monoisotopic (exact) mass is 2310 g/mol. The van der Waals surface area contributed by atoms with Crippen LogP contribution in [0.5, 0.6) is 5.75 Å². The predicted molar refractivity (Wildman–Crippen MR) is 542 cm³/mol. The molecule has 24 bridgehead atoms. The first-order valence-electron chi connectivity index (χ1n) is 41.0. The van der Waals surface area contributed by atoms with E-state index < -0.39 is 8.07 Å². The standard InChI is InChI=1S/C37H35I3N4O3Si.C29H29I3N4.C29H32N4.Zn/c1-48(2,3)22-21-47-37(45)23-8-10-24(11-9-23)46-20-6-4-5-7-25-26-12-14-28(41-26)34(38)30-16-18-32(43-30)36(40)33-19-17-31(44-33)35(39)29-15-13-27(25)42-29;1-2-3-4-5-6-7-8-9-18-19-10-12-21(33-19)27(30)23-14-16-25(35-23)29(32)26-17-15-24(36-26)28(31)22-13-11-20(18)34-22;1-2-3-4-5-6-7-8-9-27-28-16-14-25(32-28)19-23-12-10-21(30-23)18-22-11-13-24(31-22)20-26-15-17-29(27)33-26;/h8-19H,4-7,20-22H2,1-3H3;10-17,33,35H,2-9H2,1H3;10-20,30,33H,2-9H2,1H3;/q-2;;;+2. The van der Waals surface area contributed by atoms with Crippen molar-refractivity contribution in [3.8, 4) is 5.75 Å². The van der Waals surface area contributed by atoms with E-state index >= 15 is 0 Å². The molecule has 16 rings (SSSR count). The first-order chi connectivity index (χ1) is 56.9. The number of benzene rings is 1. The molecule has 4 N–H and O–H groups in total. The zero-order valence-electron chi connectivity index (χ0n) is 67.4. The fourth-order valence-corrected chi connectivity index (χ4v) is 18.9. The van der Waals surface area contributed by atoms with Crippen molar-refractivity contribution >= 4 is 289 Å². The Morgan fingerprint density at radius 2 is 0.720 bits per heavy atom. The summed E-state index contributed by atoms with van der Waals surface area (Å²) in [6, 6.07) is 40.0. The van der Waals surface area contributed by atoms with E-state index in [1.54, 1.807) is 12.1 Å². The zero-order valence-corrected chi connectivity index (χ0v) is 84.4. The number of nitrogens with one attached hydrogen (secondary N) is 4. The SMILES string of the molecule is CCCCCCCCCc1c2nc(c(I)c3nc(c(I)c4ccc([nH]4)c(I)c4ccc1[nH]4)C=C3)C=C2.CCCCCCCCCc1c2nc(cc3ccc(cc4nc(cc5ccc1[nH]5)C=C4)[nH]3)C=C2.C[Si](C)(C)CCOC(=O)c1ccc(OCCCCCc2c3nc(c(I)c4ccc([n-]4)c(I)c4nc(c(I)c5ccc2[n-]5)C=C4)C=C3)cc1.[Zn+2]. The largest absolute Gasteiger partial charge is 2.00 e. The number of aromatic nitrogens is 12. The summed E-state index contributed by atoms with van der Waals surface area (Å²) in [5, 5.41) is 0. The Morgan fingerprint density at radius 3 is 1.26 bits per heavy atom. The molecule has 6 aliphatic heterocycles. The Hall–Kier alpha value is -6.49.